The molecule has 9 heteroatoms. The van der Waals surface area contributed by atoms with E-state index in [4.69, 9.17) is 4.74 Å². The molecular weight excluding hydrogens is 398 g/mol. The Morgan fingerprint density at radius 1 is 1.39 bits per heavy atom. The monoisotopic (exact) mass is 415 g/mol. The number of esters is 1. The second-order valence-corrected chi connectivity index (χ2v) is 7.97. The van der Waals surface area contributed by atoms with Gasteiger partial charge in [-0.1, -0.05) is 12.1 Å². The van der Waals surface area contributed by atoms with Crippen LogP contribution in [-0.2, 0) is 19.1 Å². The SMILES string of the molecule is Cc1csc([C@@H](C#N)C(=O)COC(=O)CCN2C(=O)CSc3ccccc32)n1. The molecule has 0 saturated carbocycles. The van der Waals surface area contributed by atoms with Gasteiger partial charge < -0.3 is 9.64 Å². The summed E-state index contributed by atoms with van der Waals surface area (Å²) in [5, 5.41) is 11.4. The van der Waals surface area contributed by atoms with E-state index in [1.807, 2.05) is 30.3 Å². The third-order valence-electron chi connectivity index (χ3n) is 4.06. The lowest BCUT2D eigenvalue weighted by atomic mass is 10.1. The van der Waals surface area contributed by atoms with Gasteiger partial charge in [-0.05, 0) is 19.1 Å². The Morgan fingerprint density at radius 3 is 2.89 bits per heavy atom. The number of carbonyl (C=O) groups excluding carboxylic acids is 3. The van der Waals surface area contributed by atoms with Gasteiger partial charge in [0.2, 0.25) is 5.91 Å². The largest absolute Gasteiger partial charge is 0.458 e. The van der Waals surface area contributed by atoms with Crippen LogP contribution in [0, 0.1) is 18.3 Å². The number of thiazole rings is 1. The summed E-state index contributed by atoms with van der Waals surface area (Å²) in [7, 11) is 0. The van der Waals surface area contributed by atoms with Gasteiger partial charge in [-0.2, -0.15) is 5.26 Å². The molecule has 0 saturated heterocycles. The van der Waals surface area contributed by atoms with E-state index in [0.29, 0.717) is 10.8 Å². The highest BCUT2D eigenvalue weighted by Gasteiger charge is 2.26. The van der Waals surface area contributed by atoms with Crippen LogP contribution in [0.1, 0.15) is 23.0 Å². The summed E-state index contributed by atoms with van der Waals surface area (Å²) in [5.74, 6) is -1.90. The Bertz CT molecular complexity index is 951. The number of nitrogens with zero attached hydrogens (tertiary/aromatic N) is 3. The number of ether oxygens (including phenoxy) is 1. The number of rotatable bonds is 7. The lowest BCUT2D eigenvalue weighted by Crippen LogP contribution is -2.37. The van der Waals surface area contributed by atoms with Crippen molar-refractivity contribution in [1.82, 2.24) is 4.98 Å². The number of hydrogen-bond donors (Lipinski definition) is 0. The minimum absolute atomic E-state index is 0.0361. The summed E-state index contributed by atoms with van der Waals surface area (Å²) in [6.45, 7) is 1.46. The maximum atomic E-state index is 12.2. The van der Waals surface area contributed by atoms with Gasteiger partial charge in [0.05, 0.1) is 23.9 Å². The lowest BCUT2D eigenvalue weighted by molar-refractivity contribution is -0.147. The molecule has 7 nitrogen and oxygen atoms in total. The minimum Gasteiger partial charge on any atom is -0.458 e. The summed E-state index contributed by atoms with van der Waals surface area (Å²) >= 11 is 2.69. The number of thioether (sulfide) groups is 1. The number of amides is 1. The van der Waals surface area contributed by atoms with Gasteiger partial charge in [-0.3, -0.25) is 14.4 Å². The highest BCUT2D eigenvalue weighted by Crippen LogP contribution is 2.34. The zero-order chi connectivity index (χ0) is 20.1. The van der Waals surface area contributed by atoms with Crippen LogP contribution < -0.4 is 4.90 Å². The van der Waals surface area contributed by atoms with Crippen molar-refractivity contribution in [2.45, 2.75) is 24.2 Å². The molecule has 0 bridgehead atoms. The van der Waals surface area contributed by atoms with Crippen molar-refractivity contribution in [3.63, 3.8) is 0 Å². The molecule has 1 amide bonds. The predicted octanol–water partition coefficient (Wildman–Crippen LogP) is 2.70. The Morgan fingerprint density at radius 2 is 2.18 bits per heavy atom. The van der Waals surface area contributed by atoms with E-state index in [9.17, 15) is 19.6 Å². The number of anilines is 1. The van der Waals surface area contributed by atoms with Gasteiger partial charge in [0.15, 0.2) is 18.3 Å². The summed E-state index contributed by atoms with van der Waals surface area (Å²) in [4.78, 5) is 43.1. The Hall–Kier alpha value is -2.70. The fourth-order valence-corrected chi connectivity index (χ4v) is 4.48. The summed E-state index contributed by atoms with van der Waals surface area (Å²) in [6.07, 6.45) is -0.0361. The molecule has 0 radical (unpaired) electrons. The van der Waals surface area contributed by atoms with E-state index in [-0.39, 0.29) is 18.9 Å². The van der Waals surface area contributed by atoms with Crippen LogP contribution >= 0.6 is 23.1 Å². The number of ketones is 1. The predicted molar refractivity (Wildman–Crippen MR) is 105 cm³/mol. The van der Waals surface area contributed by atoms with Crippen LogP contribution in [0.25, 0.3) is 0 Å². The normalized spacial score (nSPS) is 14.1. The van der Waals surface area contributed by atoms with Crippen molar-refractivity contribution in [2.24, 2.45) is 0 Å². The maximum Gasteiger partial charge on any atom is 0.308 e. The Balaban J connectivity index is 1.53. The zero-order valence-corrected chi connectivity index (χ0v) is 16.7. The van der Waals surface area contributed by atoms with Crippen LogP contribution in [0.15, 0.2) is 34.5 Å². The van der Waals surface area contributed by atoms with Crippen LogP contribution in [-0.4, -0.2) is 41.5 Å². The molecule has 1 aliphatic heterocycles. The van der Waals surface area contributed by atoms with E-state index in [0.717, 1.165) is 16.3 Å². The fraction of sp³-hybridized carbons (Fsp3) is 0.316. The molecule has 1 atom stereocenters. The van der Waals surface area contributed by atoms with Gasteiger partial charge in [0.25, 0.3) is 0 Å². The second kappa shape index (κ2) is 8.99. The lowest BCUT2D eigenvalue weighted by Gasteiger charge is -2.28. The summed E-state index contributed by atoms with van der Waals surface area (Å²) in [5.41, 5.74) is 1.51. The molecule has 2 aromatic rings. The number of hydrogen-bond acceptors (Lipinski definition) is 8. The molecule has 0 unspecified atom stereocenters. The van der Waals surface area contributed by atoms with Crippen molar-refractivity contribution in [3.05, 3.63) is 40.3 Å². The number of Topliss-reactive ketones (excluding diaryl/α,β-unsaturated/α-hetero) is 1. The minimum atomic E-state index is -1.04. The zero-order valence-electron chi connectivity index (χ0n) is 15.1. The van der Waals surface area contributed by atoms with E-state index in [1.54, 1.807) is 17.2 Å². The van der Waals surface area contributed by atoms with Crippen molar-refractivity contribution in [2.75, 3.05) is 23.8 Å². The highest BCUT2D eigenvalue weighted by atomic mass is 32.2. The van der Waals surface area contributed by atoms with Crippen molar-refractivity contribution < 1.29 is 19.1 Å². The summed E-state index contributed by atoms with van der Waals surface area (Å²) in [6, 6.07) is 9.41. The number of aryl methyl sites for hydroxylation is 1. The molecular formula is C19H17N3O4S2. The van der Waals surface area contributed by atoms with E-state index in [1.165, 1.54) is 23.1 Å². The highest BCUT2D eigenvalue weighted by molar-refractivity contribution is 8.00. The molecule has 0 aliphatic carbocycles. The summed E-state index contributed by atoms with van der Waals surface area (Å²) < 4.78 is 5.02. The third-order valence-corrected chi connectivity index (χ3v) is 6.13. The van der Waals surface area contributed by atoms with Crippen molar-refractivity contribution in [1.29, 1.82) is 5.26 Å². The molecule has 2 heterocycles. The molecule has 28 heavy (non-hydrogen) atoms. The van der Waals surface area contributed by atoms with Crippen LogP contribution in [0.4, 0.5) is 5.69 Å². The standard InChI is InChI=1S/C19H17N3O4S2/c1-12-10-28-19(21-12)13(8-20)15(23)9-26-18(25)6-7-22-14-4-2-3-5-16(14)27-11-17(22)24/h2-5,10,13H,6-7,9,11H2,1H3/t13-/m0/s1. The van der Waals surface area contributed by atoms with Crippen LogP contribution in [0.5, 0.6) is 0 Å². The van der Waals surface area contributed by atoms with E-state index >= 15 is 0 Å². The molecule has 144 valence electrons. The number of para-hydroxylation sites is 1. The van der Waals surface area contributed by atoms with Gasteiger partial charge in [0.1, 0.15) is 5.01 Å². The van der Waals surface area contributed by atoms with Gasteiger partial charge in [0, 0.05) is 22.5 Å². The van der Waals surface area contributed by atoms with Crippen LogP contribution in [0.2, 0.25) is 0 Å². The molecule has 0 spiro atoms. The quantitative estimate of drug-likeness (QED) is 0.641. The van der Waals surface area contributed by atoms with Gasteiger partial charge >= 0.3 is 5.97 Å². The first-order chi connectivity index (χ1) is 13.5. The first-order valence-electron chi connectivity index (χ1n) is 8.51. The Kier molecular flexibility index (Phi) is 6.44. The van der Waals surface area contributed by atoms with Gasteiger partial charge in [-0.15, -0.1) is 23.1 Å². The molecule has 1 aromatic heterocycles. The van der Waals surface area contributed by atoms with Gasteiger partial charge in [-0.25, -0.2) is 4.98 Å². The van der Waals surface area contributed by atoms with Crippen LogP contribution in [0.3, 0.4) is 0 Å². The number of carbonyl (C=O) groups is 3. The topological polar surface area (TPSA) is 100 Å². The molecule has 1 aliphatic rings. The number of aromatic nitrogens is 1. The second-order valence-electron chi connectivity index (χ2n) is 6.07. The van der Waals surface area contributed by atoms with Crippen molar-refractivity contribution in [3.8, 4) is 6.07 Å². The Labute approximate surface area is 170 Å². The average Bonchev–Trinajstić information content (AvgIpc) is 3.12. The first kappa shape index (κ1) is 20.0. The smallest absolute Gasteiger partial charge is 0.308 e. The van der Waals surface area contributed by atoms with E-state index < -0.39 is 24.3 Å². The first-order valence-corrected chi connectivity index (χ1v) is 10.4. The molecule has 1 aromatic carbocycles. The third kappa shape index (κ3) is 4.58. The van der Waals surface area contributed by atoms with Crippen molar-refractivity contribution >= 4 is 46.4 Å². The average molecular weight is 415 g/mol. The molecule has 0 fully saturated rings. The number of fused-ring (bicyclic) bond motifs is 1. The molecule has 0 N–H and O–H groups in total. The fourth-order valence-electron chi connectivity index (χ4n) is 2.68. The maximum absolute atomic E-state index is 12.2. The molecule has 3 rings (SSSR count). The number of nitriles is 1. The van der Waals surface area contributed by atoms with E-state index in [2.05, 4.69) is 4.98 Å². The number of benzene rings is 1.